The number of aromatic nitrogens is 3. The second-order valence-electron chi connectivity index (χ2n) is 6.71. The summed E-state index contributed by atoms with van der Waals surface area (Å²) in [5, 5.41) is 30.7. The summed E-state index contributed by atoms with van der Waals surface area (Å²) in [4.78, 5) is 41.2. The predicted octanol–water partition coefficient (Wildman–Crippen LogP) is 4.26. The normalized spacial score (nSPS) is 11.1. The molecule has 0 unspecified atom stereocenters. The maximum absolute atomic E-state index is 12.8. The molecule has 13 heteroatoms. The molecule has 0 radical (unpaired) electrons. The average Bonchev–Trinajstić information content (AvgIpc) is 3.40. The summed E-state index contributed by atoms with van der Waals surface area (Å²) in [6, 6.07) is 6.10. The lowest BCUT2D eigenvalue weighted by Crippen LogP contribution is -2.16. The Morgan fingerprint density at radius 1 is 1.41 bits per heavy atom. The molecule has 11 nitrogen and oxygen atoms in total. The molecule has 1 aromatic carbocycles. The molecule has 0 aliphatic rings. The number of thiophene rings is 1. The molecule has 0 aliphatic carbocycles. The molecule has 3 rings (SSSR count). The fourth-order valence-corrected chi connectivity index (χ4v) is 4.67. The van der Waals surface area contributed by atoms with Gasteiger partial charge in [-0.1, -0.05) is 6.07 Å². The quantitative estimate of drug-likeness (QED) is 0.152. The number of aromatic amines is 1. The van der Waals surface area contributed by atoms with E-state index in [1.54, 1.807) is 32.9 Å². The highest BCUT2D eigenvalue weighted by Crippen LogP contribution is 2.35. The summed E-state index contributed by atoms with van der Waals surface area (Å²) in [6.45, 7) is 5.40. The van der Waals surface area contributed by atoms with Crippen LogP contribution in [0.25, 0.3) is 6.08 Å². The van der Waals surface area contributed by atoms with Crippen molar-refractivity contribution in [2.45, 2.75) is 30.8 Å². The number of amides is 1. The Labute approximate surface area is 202 Å². The second kappa shape index (κ2) is 10.7. The third-order valence-corrected chi connectivity index (χ3v) is 6.63. The number of carbonyl (C=O) groups excluding carboxylic acids is 2. The fraction of sp³-hybridized carbons (Fsp3) is 0.190. The van der Waals surface area contributed by atoms with Gasteiger partial charge in [-0.25, -0.2) is 9.78 Å². The number of nitrogens with one attached hydrogen (secondary N) is 2. The van der Waals surface area contributed by atoms with Crippen molar-refractivity contribution in [3.8, 4) is 6.07 Å². The lowest BCUT2D eigenvalue weighted by atomic mass is 10.1. The number of hydrogen-bond donors (Lipinski definition) is 2. The van der Waals surface area contributed by atoms with Crippen LogP contribution in [0, 0.1) is 35.3 Å². The molecule has 2 heterocycles. The number of nitro benzene ring substituents is 1. The highest BCUT2D eigenvalue weighted by molar-refractivity contribution is 7.99. The van der Waals surface area contributed by atoms with Crippen molar-refractivity contribution in [3.05, 3.63) is 61.8 Å². The third kappa shape index (κ3) is 5.48. The number of rotatable bonds is 8. The van der Waals surface area contributed by atoms with E-state index in [9.17, 15) is 25.0 Å². The molecule has 1 amide bonds. The van der Waals surface area contributed by atoms with E-state index in [2.05, 4.69) is 20.5 Å². The maximum atomic E-state index is 12.8. The highest BCUT2D eigenvalue weighted by Gasteiger charge is 2.23. The first-order chi connectivity index (χ1) is 16.2. The standard InChI is InChI=1S/C21H18N6O5S2/c1-4-32-20(29)17-11(2)12(3)33-19(17)25-18(28)14(9-22)7-13-5-6-16(15(8-13)27(30)31)34-21-23-10-24-26-21/h5-8,10H,4H2,1-3H3,(H,25,28)(H,23,24,26). The minimum absolute atomic E-state index is 0.174. The van der Waals surface area contributed by atoms with Crippen LogP contribution in [-0.2, 0) is 9.53 Å². The van der Waals surface area contributed by atoms with E-state index in [0.717, 1.165) is 16.6 Å². The Bertz CT molecular complexity index is 1320. The van der Waals surface area contributed by atoms with Gasteiger partial charge in [0.1, 0.15) is 23.0 Å². The van der Waals surface area contributed by atoms with Crippen molar-refractivity contribution >= 4 is 51.7 Å². The molecule has 0 bridgehead atoms. The van der Waals surface area contributed by atoms with Gasteiger partial charge in [-0.05, 0) is 55.8 Å². The van der Waals surface area contributed by atoms with Crippen LogP contribution in [0.5, 0.6) is 0 Å². The van der Waals surface area contributed by atoms with Crippen LogP contribution in [0.4, 0.5) is 10.7 Å². The van der Waals surface area contributed by atoms with Gasteiger partial charge in [-0.15, -0.1) is 11.3 Å². The Hall–Kier alpha value is -4.02. The predicted molar refractivity (Wildman–Crippen MR) is 126 cm³/mol. The Balaban J connectivity index is 1.89. The van der Waals surface area contributed by atoms with Crippen LogP contribution in [-0.4, -0.2) is 38.6 Å². The third-order valence-electron chi connectivity index (χ3n) is 4.55. The smallest absolute Gasteiger partial charge is 0.341 e. The van der Waals surface area contributed by atoms with Crippen LogP contribution >= 0.6 is 23.1 Å². The van der Waals surface area contributed by atoms with Crippen LogP contribution in [0.3, 0.4) is 0 Å². The number of nitriles is 1. The molecule has 3 aromatic rings. The van der Waals surface area contributed by atoms with Gasteiger partial charge >= 0.3 is 5.97 Å². The summed E-state index contributed by atoms with van der Waals surface area (Å²) in [5.41, 5.74) is 0.686. The van der Waals surface area contributed by atoms with Crippen molar-refractivity contribution in [1.82, 2.24) is 15.2 Å². The number of hydrogen-bond acceptors (Lipinski definition) is 10. The maximum Gasteiger partial charge on any atom is 0.341 e. The van der Waals surface area contributed by atoms with Gasteiger partial charge in [0, 0.05) is 10.9 Å². The topological polar surface area (TPSA) is 164 Å². The molecule has 34 heavy (non-hydrogen) atoms. The van der Waals surface area contributed by atoms with E-state index in [1.807, 2.05) is 0 Å². The molecule has 0 spiro atoms. The van der Waals surface area contributed by atoms with Crippen LogP contribution in [0.1, 0.15) is 33.3 Å². The van der Waals surface area contributed by atoms with Crippen LogP contribution in [0.2, 0.25) is 0 Å². The van der Waals surface area contributed by atoms with Gasteiger partial charge in [-0.2, -0.15) is 10.4 Å². The molecular weight excluding hydrogens is 480 g/mol. The second-order valence-corrected chi connectivity index (χ2v) is 8.96. The van der Waals surface area contributed by atoms with Crippen LogP contribution in [0.15, 0.2) is 40.2 Å². The fourth-order valence-electron chi connectivity index (χ4n) is 2.85. The molecule has 0 fully saturated rings. The van der Waals surface area contributed by atoms with Gasteiger partial charge in [0.15, 0.2) is 5.16 Å². The van der Waals surface area contributed by atoms with Gasteiger partial charge in [0.25, 0.3) is 11.6 Å². The summed E-state index contributed by atoms with van der Waals surface area (Å²) in [5.74, 6) is -1.32. The monoisotopic (exact) mass is 498 g/mol. The number of esters is 1. The highest BCUT2D eigenvalue weighted by atomic mass is 32.2. The minimum Gasteiger partial charge on any atom is -0.462 e. The Morgan fingerprint density at radius 2 is 2.18 bits per heavy atom. The molecular formula is C21H18N6O5S2. The zero-order chi connectivity index (χ0) is 24.8. The number of aryl methyl sites for hydroxylation is 1. The Morgan fingerprint density at radius 3 is 2.79 bits per heavy atom. The van der Waals surface area contributed by atoms with E-state index in [0.29, 0.717) is 15.6 Å². The van der Waals surface area contributed by atoms with E-state index in [-0.39, 0.29) is 34.0 Å². The summed E-state index contributed by atoms with van der Waals surface area (Å²) >= 11 is 2.22. The first kappa shape index (κ1) is 24.6. The van der Waals surface area contributed by atoms with Crippen molar-refractivity contribution in [3.63, 3.8) is 0 Å². The summed E-state index contributed by atoms with van der Waals surface area (Å²) < 4.78 is 5.07. The van der Waals surface area contributed by atoms with Crippen LogP contribution < -0.4 is 5.32 Å². The van der Waals surface area contributed by atoms with Crippen molar-refractivity contribution < 1.29 is 19.2 Å². The van der Waals surface area contributed by atoms with Gasteiger partial charge < -0.3 is 10.1 Å². The first-order valence-electron chi connectivity index (χ1n) is 9.77. The van der Waals surface area contributed by atoms with Gasteiger partial charge in [-0.3, -0.25) is 20.0 Å². The zero-order valence-corrected chi connectivity index (χ0v) is 19.9. The van der Waals surface area contributed by atoms with E-state index >= 15 is 0 Å². The first-order valence-corrected chi connectivity index (χ1v) is 11.4. The van der Waals surface area contributed by atoms with E-state index < -0.39 is 16.8 Å². The molecule has 0 aliphatic heterocycles. The molecule has 2 aromatic heterocycles. The van der Waals surface area contributed by atoms with Crippen molar-refractivity contribution in [2.24, 2.45) is 0 Å². The largest absolute Gasteiger partial charge is 0.462 e. The number of carbonyl (C=O) groups is 2. The average molecular weight is 499 g/mol. The number of H-pyrrole nitrogens is 1. The molecule has 0 atom stereocenters. The van der Waals surface area contributed by atoms with Crippen molar-refractivity contribution in [2.75, 3.05) is 11.9 Å². The molecule has 174 valence electrons. The molecule has 2 N–H and O–H groups in total. The van der Waals surface area contributed by atoms with E-state index in [1.165, 1.54) is 35.9 Å². The minimum atomic E-state index is -0.753. The molecule has 0 saturated carbocycles. The van der Waals surface area contributed by atoms with E-state index in [4.69, 9.17) is 4.74 Å². The number of nitrogens with zero attached hydrogens (tertiary/aromatic N) is 4. The SMILES string of the molecule is CCOC(=O)c1c(NC(=O)C(C#N)=Cc2ccc(Sc3ncn[nH]3)c([N+](=O)[O-])c2)sc(C)c1C. The zero-order valence-electron chi connectivity index (χ0n) is 18.2. The molecule has 0 saturated heterocycles. The number of ether oxygens (including phenoxy) is 1. The lowest BCUT2D eigenvalue weighted by molar-refractivity contribution is -0.387. The Kier molecular flexibility index (Phi) is 7.77. The van der Waals surface area contributed by atoms with Crippen molar-refractivity contribution in [1.29, 1.82) is 5.26 Å². The summed E-state index contributed by atoms with van der Waals surface area (Å²) in [7, 11) is 0. The number of benzene rings is 1. The lowest BCUT2D eigenvalue weighted by Gasteiger charge is -2.07. The summed E-state index contributed by atoms with van der Waals surface area (Å²) in [6.07, 6.45) is 2.52. The van der Waals surface area contributed by atoms with Gasteiger partial charge in [0.2, 0.25) is 0 Å². The number of nitro groups is 1. The van der Waals surface area contributed by atoms with Gasteiger partial charge in [0.05, 0.1) is 22.0 Å². The number of anilines is 1.